The Bertz CT molecular complexity index is 1740. The van der Waals surface area contributed by atoms with E-state index in [2.05, 4.69) is 21.2 Å². The summed E-state index contributed by atoms with van der Waals surface area (Å²) in [4.78, 5) is 40.5. The second-order valence-corrected chi connectivity index (χ2v) is 11.4. The third kappa shape index (κ3) is 6.98. The van der Waals surface area contributed by atoms with Crippen molar-refractivity contribution in [3.05, 3.63) is 116 Å². The molecule has 2 atom stereocenters. The van der Waals surface area contributed by atoms with Crippen LogP contribution in [0.2, 0.25) is 0 Å². The molecule has 1 saturated heterocycles. The smallest absolute Gasteiger partial charge is 0.416 e. The minimum atomic E-state index is -5.11. The van der Waals surface area contributed by atoms with Gasteiger partial charge in [0.05, 0.1) is 16.5 Å². The summed E-state index contributed by atoms with van der Waals surface area (Å²) in [5.74, 6) is -1.89. The zero-order chi connectivity index (χ0) is 31.8. The summed E-state index contributed by atoms with van der Waals surface area (Å²) in [5.41, 5.74) is -3.36. The number of benzene rings is 3. The summed E-state index contributed by atoms with van der Waals surface area (Å²) in [6, 6.07) is 14.2. The molecule has 230 valence electrons. The van der Waals surface area contributed by atoms with Gasteiger partial charge < -0.3 is 14.6 Å². The molecule has 1 aliphatic rings. The highest BCUT2D eigenvalue weighted by Gasteiger charge is 2.39. The molecule has 2 amide bonds. The fourth-order valence-electron chi connectivity index (χ4n) is 5.27. The van der Waals surface area contributed by atoms with Crippen LogP contribution < -0.4 is 10.7 Å². The van der Waals surface area contributed by atoms with Crippen LogP contribution in [0.1, 0.15) is 50.4 Å². The molecular formula is C31H23BrF6N2O4. The van der Waals surface area contributed by atoms with Crippen LogP contribution >= 0.6 is 15.9 Å². The monoisotopic (exact) mass is 680 g/mol. The Labute approximate surface area is 254 Å². The number of halogens is 7. The van der Waals surface area contributed by atoms with Crippen molar-refractivity contribution in [2.24, 2.45) is 0 Å². The second kappa shape index (κ2) is 12.1. The second-order valence-electron chi connectivity index (χ2n) is 10.4. The number of hydrogen-bond donors (Lipinski definition) is 1. The van der Waals surface area contributed by atoms with Crippen molar-refractivity contribution in [3.63, 3.8) is 0 Å². The van der Waals surface area contributed by atoms with Gasteiger partial charge in [0, 0.05) is 34.7 Å². The van der Waals surface area contributed by atoms with E-state index in [0.717, 1.165) is 11.6 Å². The molecule has 6 nitrogen and oxygen atoms in total. The van der Waals surface area contributed by atoms with E-state index >= 15 is 0 Å². The van der Waals surface area contributed by atoms with Crippen molar-refractivity contribution < 1.29 is 40.3 Å². The first-order valence-corrected chi connectivity index (χ1v) is 14.2. The maximum absolute atomic E-state index is 13.5. The lowest BCUT2D eigenvalue weighted by molar-refractivity contribution is -0.143. The average Bonchev–Trinajstić information content (AvgIpc) is 2.96. The van der Waals surface area contributed by atoms with Crippen molar-refractivity contribution in [3.8, 4) is 0 Å². The molecule has 1 aromatic heterocycles. The van der Waals surface area contributed by atoms with Crippen molar-refractivity contribution in [2.45, 2.75) is 43.7 Å². The topological polar surface area (TPSA) is 79.6 Å². The number of nitrogens with zero attached hydrogens (tertiary/aromatic N) is 1. The van der Waals surface area contributed by atoms with Gasteiger partial charge in [-0.25, -0.2) is 0 Å². The number of amides is 2. The molecule has 5 rings (SSSR count). The first-order chi connectivity index (χ1) is 20.7. The Kier molecular flexibility index (Phi) is 8.61. The predicted octanol–water partition coefficient (Wildman–Crippen LogP) is 7.24. The minimum absolute atomic E-state index is 0.0238. The maximum Gasteiger partial charge on any atom is 0.416 e. The van der Waals surface area contributed by atoms with Crippen molar-refractivity contribution in [1.29, 1.82) is 0 Å². The molecule has 1 fully saturated rings. The molecule has 4 aromatic rings. The van der Waals surface area contributed by atoms with Crippen LogP contribution in [0.5, 0.6) is 0 Å². The SMILES string of the molecule is O=C(N[C@H]1CCN(C(=O)c2cc(C(F)(F)F)cc(C(F)(F)F)c2)[C@H](Cc2ccccc2)C1)c1cc(=O)c2cc(Br)ccc2o1. The van der Waals surface area contributed by atoms with Gasteiger partial charge in [-0.15, -0.1) is 0 Å². The normalized spacial score (nSPS) is 17.5. The molecule has 0 spiro atoms. The molecule has 44 heavy (non-hydrogen) atoms. The molecule has 0 aliphatic carbocycles. The van der Waals surface area contributed by atoms with Crippen LogP contribution in [0, 0.1) is 0 Å². The number of carbonyl (C=O) groups is 2. The zero-order valence-corrected chi connectivity index (χ0v) is 24.2. The van der Waals surface area contributed by atoms with E-state index in [1.807, 2.05) is 0 Å². The zero-order valence-electron chi connectivity index (χ0n) is 22.6. The molecule has 0 radical (unpaired) electrons. The quantitative estimate of drug-likeness (QED) is 0.226. The molecule has 13 heteroatoms. The van der Waals surface area contributed by atoms with E-state index in [1.165, 1.54) is 11.0 Å². The van der Waals surface area contributed by atoms with Gasteiger partial charge in [0.25, 0.3) is 11.8 Å². The van der Waals surface area contributed by atoms with Gasteiger partial charge in [0.15, 0.2) is 11.2 Å². The standard InChI is InChI=1S/C31H23BrF6N2O4/c32-21-6-7-26-24(14-21)25(41)16-27(44-26)28(42)39-22-8-9-40(23(15-22)10-17-4-2-1-3-5-17)29(43)18-11-19(30(33,34)35)13-20(12-18)31(36,37)38/h1-7,11-14,16,22-23H,8-10,15H2,(H,39,42)/t22-,23+/m0/s1. The Morgan fingerprint density at radius 1 is 0.909 bits per heavy atom. The van der Waals surface area contributed by atoms with Crippen molar-refractivity contribution >= 4 is 38.7 Å². The van der Waals surface area contributed by atoms with Crippen LogP contribution in [-0.2, 0) is 18.8 Å². The highest BCUT2D eigenvalue weighted by Crippen LogP contribution is 2.37. The maximum atomic E-state index is 13.5. The van der Waals surface area contributed by atoms with E-state index in [9.17, 15) is 40.7 Å². The van der Waals surface area contributed by atoms with Crippen LogP contribution in [0.15, 0.2) is 86.5 Å². The number of rotatable bonds is 5. The Morgan fingerprint density at radius 3 is 2.20 bits per heavy atom. The largest absolute Gasteiger partial charge is 0.451 e. The molecule has 1 N–H and O–H groups in total. The van der Waals surface area contributed by atoms with Crippen LogP contribution in [-0.4, -0.2) is 35.3 Å². The molecule has 3 aromatic carbocycles. The highest BCUT2D eigenvalue weighted by atomic mass is 79.9. The van der Waals surface area contributed by atoms with Crippen molar-refractivity contribution in [1.82, 2.24) is 10.2 Å². The summed E-state index contributed by atoms with van der Waals surface area (Å²) in [7, 11) is 0. The van der Waals surface area contributed by atoms with Gasteiger partial charge in [0.2, 0.25) is 0 Å². The molecule has 0 unspecified atom stereocenters. The average molecular weight is 681 g/mol. The molecule has 1 aliphatic heterocycles. The van der Waals surface area contributed by atoms with Gasteiger partial charge in [-0.3, -0.25) is 14.4 Å². The molecule has 0 saturated carbocycles. The Balaban J connectivity index is 1.42. The van der Waals surface area contributed by atoms with E-state index in [1.54, 1.807) is 42.5 Å². The number of likely N-dealkylation sites (tertiary alicyclic amines) is 1. The fraction of sp³-hybridized carbons (Fsp3) is 0.258. The van der Waals surface area contributed by atoms with Crippen LogP contribution in [0.4, 0.5) is 26.3 Å². The van der Waals surface area contributed by atoms with E-state index in [4.69, 9.17) is 4.42 Å². The summed E-state index contributed by atoms with van der Waals surface area (Å²) in [6.07, 6.45) is -9.69. The third-order valence-electron chi connectivity index (χ3n) is 7.37. The molecule has 0 bridgehead atoms. The van der Waals surface area contributed by atoms with Gasteiger partial charge in [0.1, 0.15) is 5.58 Å². The number of carbonyl (C=O) groups excluding carboxylic acids is 2. The molecule has 2 heterocycles. The number of piperidine rings is 1. The predicted molar refractivity (Wildman–Crippen MR) is 152 cm³/mol. The lowest BCUT2D eigenvalue weighted by Crippen LogP contribution is -2.52. The summed E-state index contributed by atoms with van der Waals surface area (Å²) >= 11 is 3.28. The Morgan fingerprint density at radius 2 is 1.57 bits per heavy atom. The lowest BCUT2D eigenvalue weighted by Gasteiger charge is -2.40. The first-order valence-electron chi connectivity index (χ1n) is 13.4. The Hall–Kier alpha value is -4.13. The van der Waals surface area contributed by atoms with Crippen molar-refractivity contribution in [2.75, 3.05) is 6.54 Å². The number of nitrogens with one attached hydrogen (secondary N) is 1. The minimum Gasteiger partial charge on any atom is -0.451 e. The summed E-state index contributed by atoms with van der Waals surface area (Å²) < 4.78 is 87.2. The van der Waals surface area contributed by atoms with Gasteiger partial charge in [-0.1, -0.05) is 46.3 Å². The van der Waals surface area contributed by atoms with E-state index in [0.29, 0.717) is 16.6 Å². The number of fused-ring (bicyclic) bond motifs is 1. The van der Waals surface area contributed by atoms with E-state index < -0.39 is 58.4 Å². The molecular weight excluding hydrogens is 658 g/mol. The number of alkyl halides is 6. The summed E-state index contributed by atoms with van der Waals surface area (Å²) in [5, 5.41) is 3.07. The highest BCUT2D eigenvalue weighted by molar-refractivity contribution is 9.10. The van der Waals surface area contributed by atoms with Gasteiger partial charge >= 0.3 is 12.4 Å². The van der Waals surface area contributed by atoms with Crippen LogP contribution in [0.25, 0.3) is 11.0 Å². The van der Waals surface area contributed by atoms with Crippen LogP contribution in [0.3, 0.4) is 0 Å². The lowest BCUT2D eigenvalue weighted by atomic mass is 9.91. The van der Waals surface area contributed by atoms with Gasteiger partial charge in [-0.05, 0) is 61.2 Å². The summed E-state index contributed by atoms with van der Waals surface area (Å²) in [6.45, 7) is -0.0609. The van der Waals surface area contributed by atoms with E-state index in [-0.39, 0.29) is 48.6 Å². The number of hydrogen-bond acceptors (Lipinski definition) is 4. The first kappa shape index (κ1) is 31.3. The third-order valence-corrected chi connectivity index (χ3v) is 7.87. The fourth-order valence-corrected chi connectivity index (χ4v) is 5.63. The van der Waals surface area contributed by atoms with Gasteiger partial charge in [-0.2, -0.15) is 26.3 Å².